The van der Waals surface area contributed by atoms with Crippen LogP contribution >= 0.6 is 15.9 Å². The summed E-state index contributed by atoms with van der Waals surface area (Å²) in [5.41, 5.74) is 0. The molecule has 1 fully saturated rings. The molecule has 0 unspecified atom stereocenters. The Morgan fingerprint density at radius 1 is 1.54 bits per heavy atom. The van der Waals surface area contributed by atoms with Crippen molar-refractivity contribution in [1.29, 1.82) is 0 Å². The molecule has 74 valence electrons. The summed E-state index contributed by atoms with van der Waals surface area (Å²) < 4.78 is 1.37. The zero-order valence-corrected chi connectivity index (χ0v) is 9.52. The molecule has 13 heavy (non-hydrogen) atoms. The first kappa shape index (κ1) is 9.69. The first-order valence-electron chi connectivity index (χ1n) is 5.12. The number of hydrogen-bond acceptors (Lipinski definition) is 2. The number of nitrogens with zero attached hydrogens (tertiary/aromatic N) is 1. The summed E-state index contributed by atoms with van der Waals surface area (Å²) in [7, 11) is 0. The quantitative estimate of drug-likeness (QED) is 0.812. The van der Waals surface area contributed by atoms with Crippen LogP contribution in [-0.2, 0) is 0 Å². The number of hydrogen-bond donors (Lipinski definition) is 1. The molecule has 0 atom stereocenters. The second kappa shape index (κ2) is 4.58. The normalized spacial score (nSPS) is 25.5. The van der Waals surface area contributed by atoms with Crippen molar-refractivity contribution >= 4 is 15.9 Å². The smallest absolute Gasteiger partial charge is 0.0296 e. The lowest BCUT2D eigenvalue weighted by Gasteiger charge is -2.31. The minimum absolute atomic E-state index is 0.949. The Labute approximate surface area is 88.5 Å². The van der Waals surface area contributed by atoms with Crippen molar-refractivity contribution in [3.05, 3.63) is 10.6 Å². The maximum atomic E-state index is 3.57. The molecule has 0 aromatic heterocycles. The molecule has 0 aromatic rings. The van der Waals surface area contributed by atoms with Gasteiger partial charge in [0.2, 0.25) is 0 Å². The Bertz CT molecular complexity index is 199. The molecule has 0 aromatic carbocycles. The highest BCUT2D eigenvalue weighted by Crippen LogP contribution is 2.16. The first-order chi connectivity index (χ1) is 6.34. The van der Waals surface area contributed by atoms with Crippen LogP contribution in [0.1, 0.15) is 12.8 Å². The highest BCUT2D eigenvalue weighted by atomic mass is 79.9. The van der Waals surface area contributed by atoms with Crippen molar-refractivity contribution in [3.63, 3.8) is 0 Å². The van der Waals surface area contributed by atoms with Gasteiger partial charge in [0, 0.05) is 17.6 Å². The molecule has 0 bridgehead atoms. The predicted octanol–water partition coefficient (Wildman–Crippen LogP) is 1.58. The summed E-state index contributed by atoms with van der Waals surface area (Å²) in [6.45, 7) is 6.13. The van der Waals surface area contributed by atoms with E-state index in [1.807, 2.05) is 0 Å². The SMILES string of the molecule is BrC1=CCCN(CCC2CNC2)C1. The first-order valence-corrected chi connectivity index (χ1v) is 5.91. The molecule has 2 nitrogen and oxygen atoms in total. The molecule has 0 radical (unpaired) electrons. The van der Waals surface area contributed by atoms with Gasteiger partial charge >= 0.3 is 0 Å². The molecule has 2 aliphatic rings. The van der Waals surface area contributed by atoms with E-state index in [2.05, 4.69) is 32.2 Å². The van der Waals surface area contributed by atoms with Crippen molar-refractivity contribution in [2.75, 3.05) is 32.7 Å². The fourth-order valence-corrected chi connectivity index (χ4v) is 2.45. The molecule has 1 N–H and O–H groups in total. The van der Waals surface area contributed by atoms with E-state index >= 15 is 0 Å². The summed E-state index contributed by atoms with van der Waals surface area (Å²) in [5.74, 6) is 0.949. The minimum atomic E-state index is 0.949. The fraction of sp³-hybridized carbons (Fsp3) is 0.800. The van der Waals surface area contributed by atoms with Gasteiger partial charge in [0.15, 0.2) is 0 Å². The van der Waals surface area contributed by atoms with Crippen LogP contribution in [0.2, 0.25) is 0 Å². The van der Waals surface area contributed by atoms with Crippen LogP contribution in [0.3, 0.4) is 0 Å². The van der Waals surface area contributed by atoms with E-state index in [0.717, 1.165) is 12.5 Å². The van der Waals surface area contributed by atoms with Gasteiger partial charge in [-0.3, -0.25) is 4.90 Å². The molecule has 1 saturated heterocycles. The predicted molar refractivity (Wildman–Crippen MR) is 59.0 cm³/mol. The van der Waals surface area contributed by atoms with Gasteiger partial charge in [0.05, 0.1) is 0 Å². The summed E-state index contributed by atoms with van der Waals surface area (Å²) in [6, 6.07) is 0. The largest absolute Gasteiger partial charge is 0.316 e. The molecule has 0 spiro atoms. The van der Waals surface area contributed by atoms with Crippen molar-refractivity contribution < 1.29 is 0 Å². The number of rotatable bonds is 3. The highest BCUT2D eigenvalue weighted by Gasteiger charge is 2.18. The van der Waals surface area contributed by atoms with E-state index in [0.29, 0.717) is 0 Å². The van der Waals surface area contributed by atoms with E-state index in [9.17, 15) is 0 Å². The number of nitrogens with one attached hydrogen (secondary N) is 1. The van der Waals surface area contributed by atoms with Crippen LogP contribution in [0.4, 0.5) is 0 Å². The summed E-state index contributed by atoms with van der Waals surface area (Å²) in [4.78, 5) is 2.54. The van der Waals surface area contributed by atoms with Gasteiger partial charge in [0.1, 0.15) is 0 Å². The van der Waals surface area contributed by atoms with Crippen LogP contribution in [0.5, 0.6) is 0 Å². The average molecular weight is 245 g/mol. The minimum Gasteiger partial charge on any atom is -0.316 e. The lowest BCUT2D eigenvalue weighted by atomic mass is 9.99. The van der Waals surface area contributed by atoms with Crippen molar-refractivity contribution in [1.82, 2.24) is 10.2 Å². The van der Waals surface area contributed by atoms with Crippen LogP contribution in [0.25, 0.3) is 0 Å². The van der Waals surface area contributed by atoms with Gasteiger partial charge in [0.25, 0.3) is 0 Å². The standard InChI is InChI=1S/C10H17BrN2/c11-10-2-1-4-13(8-10)5-3-9-6-12-7-9/h2,9,12H,1,3-8H2. The zero-order chi connectivity index (χ0) is 9.10. The van der Waals surface area contributed by atoms with Crippen molar-refractivity contribution in [3.8, 4) is 0 Å². The van der Waals surface area contributed by atoms with Gasteiger partial charge in [-0.2, -0.15) is 0 Å². The molecular weight excluding hydrogens is 228 g/mol. The molecule has 3 heteroatoms. The third-order valence-corrected chi connectivity index (χ3v) is 3.48. The Morgan fingerprint density at radius 2 is 2.38 bits per heavy atom. The number of halogens is 1. The molecular formula is C10H17BrN2. The maximum Gasteiger partial charge on any atom is 0.0296 e. The summed E-state index contributed by atoms with van der Waals surface area (Å²) >= 11 is 3.57. The monoisotopic (exact) mass is 244 g/mol. The Kier molecular flexibility index (Phi) is 3.41. The maximum absolute atomic E-state index is 3.57. The fourth-order valence-electron chi connectivity index (χ4n) is 1.87. The average Bonchev–Trinajstić information content (AvgIpc) is 2.01. The van der Waals surface area contributed by atoms with Crippen LogP contribution < -0.4 is 5.32 Å². The third-order valence-electron chi connectivity index (χ3n) is 2.91. The molecule has 0 amide bonds. The Balaban J connectivity index is 1.66. The van der Waals surface area contributed by atoms with Gasteiger partial charge in [-0.15, -0.1) is 0 Å². The molecule has 2 aliphatic heterocycles. The van der Waals surface area contributed by atoms with Gasteiger partial charge in [-0.25, -0.2) is 0 Å². The van der Waals surface area contributed by atoms with E-state index in [-0.39, 0.29) is 0 Å². The molecule has 0 saturated carbocycles. The topological polar surface area (TPSA) is 15.3 Å². The van der Waals surface area contributed by atoms with E-state index in [4.69, 9.17) is 0 Å². The second-order valence-corrected chi connectivity index (χ2v) is 5.05. The van der Waals surface area contributed by atoms with Crippen molar-refractivity contribution in [2.24, 2.45) is 5.92 Å². The summed E-state index contributed by atoms with van der Waals surface area (Å²) in [5, 5.41) is 3.32. The van der Waals surface area contributed by atoms with E-state index < -0.39 is 0 Å². The van der Waals surface area contributed by atoms with E-state index in [1.54, 1.807) is 0 Å². The van der Waals surface area contributed by atoms with Gasteiger partial charge < -0.3 is 5.32 Å². The van der Waals surface area contributed by atoms with Gasteiger partial charge in [-0.05, 0) is 38.4 Å². The second-order valence-electron chi connectivity index (χ2n) is 4.03. The molecule has 0 aliphatic carbocycles. The third kappa shape index (κ3) is 2.79. The Hall–Kier alpha value is 0.140. The molecule has 2 heterocycles. The lowest BCUT2D eigenvalue weighted by molar-refractivity contribution is 0.238. The van der Waals surface area contributed by atoms with Crippen molar-refractivity contribution in [2.45, 2.75) is 12.8 Å². The Morgan fingerprint density at radius 3 is 3.00 bits per heavy atom. The van der Waals surface area contributed by atoms with Crippen LogP contribution in [0, 0.1) is 5.92 Å². The van der Waals surface area contributed by atoms with Crippen LogP contribution in [0.15, 0.2) is 10.6 Å². The van der Waals surface area contributed by atoms with Gasteiger partial charge in [-0.1, -0.05) is 22.0 Å². The zero-order valence-electron chi connectivity index (χ0n) is 7.93. The van der Waals surface area contributed by atoms with E-state index in [1.165, 1.54) is 43.5 Å². The summed E-state index contributed by atoms with van der Waals surface area (Å²) in [6.07, 6.45) is 4.87. The molecule has 2 rings (SSSR count). The lowest BCUT2D eigenvalue weighted by Crippen LogP contribution is -2.44. The highest BCUT2D eigenvalue weighted by molar-refractivity contribution is 9.11. The van der Waals surface area contributed by atoms with Crippen LogP contribution in [-0.4, -0.2) is 37.6 Å².